The van der Waals surface area contributed by atoms with Crippen LogP contribution < -0.4 is 10.2 Å². The van der Waals surface area contributed by atoms with Gasteiger partial charge in [0.1, 0.15) is 0 Å². The van der Waals surface area contributed by atoms with E-state index in [1.807, 2.05) is 0 Å². The molecule has 23 heavy (non-hydrogen) atoms. The average molecular weight is 316 g/mol. The SMILES string of the molecule is Cc1cc(N2CCC(C)CC2)cc(C)c1NC(=O)CC(C)(C)C. The third-order valence-corrected chi connectivity index (χ3v) is 4.62. The van der Waals surface area contributed by atoms with Gasteiger partial charge in [-0.05, 0) is 61.3 Å². The third-order valence-electron chi connectivity index (χ3n) is 4.62. The van der Waals surface area contributed by atoms with Crippen LogP contribution in [0.4, 0.5) is 11.4 Å². The summed E-state index contributed by atoms with van der Waals surface area (Å²) >= 11 is 0. The minimum Gasteiger partial charge on any atom is -0.371 e. The molecular formula is C20H32N2O. The van der Waals surface area contributed by atoms with E-state index in [-0.39, 0.29) is 11.3 Å². The second-order valence-electron chi connectivity index (χ2n) is 8.41. The Morgan fingerprint density at radius 2 is 1.70 bits per heavy atom. The molecule has 1 aromatic rings. The van der Waals surface area contributed by atoms with Crippen molar-refractivity contribution in [2.45, 2.75) is 60.8 Å². The Balaban J connectivity index is 2.13. The summed E-state index contributed by atoms with van der Waals surface area (Å²) < 4.78 is 0. The van der Waals surface area contributed by atoms with Crippen molar-refractivity contribution in [2.24, 2.45) is 11.3 Å². The average Bonchev–Trinajstić information content (AvgIpc) is 2.41. The van der Waals surface area contributed by atoms with Gasteiger partial charge in [-0.3, -0.25) is 4.79 Å². The second-order valence-corrected chi connectivity index (χ2v) is 8.41. The number of aryl methyl sites for hydroxylation is 2. The summed E-state index contributed by atoms with van der Waals surface area (Å²) in [6.07, 6.45) is 3.07. The first-order valence-corrected chi connectivity index (χ1v) is 8.82. The number of rotatable bonds is 3. The van der Waals surface area contributed by atoms with Crippen molar-refractivity contribution in [1.29, 1.82) is 0 Å². The van der Waals surface area contributed by atoms with Crippen LogP contribution in [0.15, 0.2) is 12.1 Å². The highest BCUT2D eigenvalue weighted by molar-refractivity contribution is 5.93. The zero-order valence-corrected chi connectivity index (χ0v) is 15.6. The van der Waals surface area contributed by atoms with Crippen LogP contribution >= 0.6 is 0 Å². The molecule has 1 aliphatic rings. The number of piperidine rings is 1. The molecule has 128 valence electrons. The number of nitrogens with one attached hydrogen (secondary N) is 1. The highest BCUT2D eigenvalue weighted by Gasteiger charge is 2.19. The Hall–Kier alpha value is -1.51. The van der Waals surface area contributed by atoms with E-state index >= 15 is 0 Å². The molecule has 0 atom stereocenters. The molecule has 0 aliphatic carbocycles. The fourth-order valence-electron chi connectivity index (χ4n) is 3.25. The van der Waals surface area contributed by atoms with Crippen molar-refractivity contribution in [1.82, 2.24) is 0 Å². The zero-order chi connectivity index (χ0) is 17.2. The fraction of sp³-hybridized carbons (Fsp3) is 0.650. The van der Waals surface area contributed by atoms with Gasteiger partial charge < -0.3 is 10.2 Å². The highest BCUT2D eigenvalue weighted by Crippen LogP contribution is 2.30. The lowest BCUT2D eigenvalue weighted by Gasteiger charge is -2.33. The lowest BCUT2D eigenvalue weighted by Crippen LogP contribution is -2.32. The predicted octanol–water partition coefficient (Wildman–Crippen LogP) is 4.91. The highest BCUT2D eigenvalue weighted by atomic mass is 16.1. The van der Waals surface area contributed by atoms with Gasteiger partial charge in [0.15, 0.2) is 0 Å². The smallest absolute Gasteiger partial charge is 0.224 e. The summed E-state index contributed by atoms with van der Waals surface area (Å²) in [5, 5.41) is 3.11. The molecular weight excluding hydrogens is 284 g/mol. The molecule has 1 aromatic carbocycles. The minimum atomic E-state index is 0.0102. The van der Waals surface area contributed by atoms with E-state index in [0.29, 0.717) is 6.42 Å². The number of hydrogen-bond donors (Lipinski definition) is 1. The van der Waals surface area contributed by atoms with Gasteiger partial charge in [-0.1, -0.05) is 27.7 Å². The molecule has 1 heterocycles. The van der Waals surface area contributed by atoms with Crippen molar-refractivity contribution in [3.63, 3.8) is 0 Å². The molecule has 1 aliphatic heterocycles. The molecule has 1 amide bonds. The molecule has 3 heteroatoms. The molecule has 0 unspecified atom stereocenters. The predicted molar refractivity (Wildman–Crippen MR) is 99.2 cm³/mol. The largest absolute Gasteiger partial charge is 0.371 e. The van der Waals surface area contributed by atoms with Gasteiger partial charge in [0.2, 0.25) is 5.91 Å². The fourth-order valence-corrected chi connectivity index (χ4v) is 3.25. The number of carbonyl (C=O) groups is 1. The van der Waals surface area contributed by atoms with Gasteiger partial charge in [0, 0.05) is 30.9 Å². The van der Waals surface area contributed by atoms with Crippen LogP contribution in [0.5, 0.6) is 0 Å². The molecule has 1 saturated heterocycles. The number of nitrogens with zero attached hydrogens (tertiary/aromatic N) is 1. The number of benzene rings is 1. The number of hydrogen-bond acceptors (Lipinski definition) is 2. The standard InChI is InChI=1S/C20H32N2O/c1-14-7-9-22(10-8-14)17-11-15(2)19(16(3)12-17)21-18(23)13-20(4,5)6/h11-12,14H,7-10,13H2,1-6H3,(H,21,23). The first-order valence-electron chi connectivity index (χ1n) is 8.82. The molecule has 0 aromatic heterocycles. The molecule has 0 bridgehead atoms. The van der Waals surface area contributed by atoms with Crippen molar-refractivity contribution >= 4 is 17.3 Å². The molecule has 0 spiro atoms. The van der Waals surface area contributed by atoms with E-state index in [1.54, 1.807) is 0 Å². The molecule has 0 radical (unpaired) electrons. The normalized spacial score (nSPS) is 16.5. The molecule has 1 fully saturated rings. The maximum atomic E-state index is 12.2. The van der Waals surface area contributed by atoms with Crippen LogP contribution in [0, 0.1) is 25.2 Å². The maximum Gasteiger partial charge on any atom is 0.224 e. The summed E-state index contributed by atoms with van der Waals surface area (Å²) in [6, 6.07) is 4.44. The monoisotopic (exact) mass is 316 g/mol. The van der Waals surface area contributed by atoms with Gasteiger partial charge >= 0.3 is 0 Å². The lowest BCUT2D eigenvalue weighted by molar-refractivity contribution is -0.117. The van der Waals surface area contributed by atoms with Crippen LogP contribution in [0.1, 0.15) is 58.1 Å². The Labute approximate surface area is 141 Å². The van der Waals surface area contributed by atoms with Crippen LogP contribution in [-0.2, 0) is 4.79 Å². The van der Waals surface area contributed by atoms with Crippen LogP contribution in [0.2, 0.25) is 0 Å². The van der Waals surface area contributed by atoms with E-state index in [0.717, 1.165) is 35.8 Å². The minimum absolute atomic E-state index is 0.0102. The van der Waals surface area contributed by atoms with Crippen molar-refractivity contribution in [3.8, 4) is 0 Å². The van der Waals surface area contributed by atoms with E-state index in [2.05, 4.69) is 63.9 Å². The molecule has 2 rings (SSSR count). The number of anilines is 2. The zero-order valence-electron chi connectivity index (χ0n) is 15.6. The van der Waals surface area contributed by atoms with Crippen LogP contribution in [0.25, 0.3) is 0 Å². The summed E-state index contributed by atoms with van der Waals surface area (Å²) in [5.74, 6) is 0.938. The van der Waals surface area contributed by atoms with Crippen molar-refractivity contribution < 1.29 is 4.79 Å². The third kappa shape index (κ3) is 4.98. The Bertz CT molecular complexity index is 540. The lowest BCUT2D eigenvalue weighted by atomic mass is 9.92. The molecule has 1 N–H and O–H groups in total. The summed E-state index contributed by atoms with van der Waals surface area (Å²) in [4.78, 5) is 14.7. The van der Waals surface area contributed by atoms with Gasteiger partial charge in [0.25, 0.3) is 0 Å². The summed E-state index contributed by atoms with van der Waals surface area (Å²) in [5.41, 5.74) is 4.59. The van der Waals surface area contributed by atoms with Crippen LogP contribution in [-0.4, -0.2) is 19.0 Å². The van der Waals surface area contributed by atoms with Crippen molar-refractivity contribution in [3.05, 3.63) is 23.3 Å². The van der Waals surface area contributed by atoms with Gasteiger partial charge in [-0.15, -0.1) is 0 Å². The van der Waals surface area contributed by atoms with E-state index in [4.69, 9.17) is 0 Å². The van der Waals surface area contributed by atoms with E-state index in [9.17, 15) is 4.79 Å². The maximum absolute atomic E-state index is 12.2. The second kappa shape index (κ2) is 6.94. The summed E-state index contributed by atoms with van der Waals surface area (Å²) in [6.45, 7) is 15.1. The Kier molecular flexibility index (Phi) is 5.38. The van der Waals surface area contributed by atoms with Gasteiger partial charge in [0.05, 0.1) is 0 Å². The molecule has 0 saturated carbocycles. The molecule has 3 nitrogen and oxygen atoms in total. The van der Waals surface area contributed by atoms with E-state index in [1.165, 1.54) is 18.5 Å². The number of amides is 1. The van der Waals surface area contributed by atoms with Gasteiger partial charge in [-0.25, -0.2) is 0 Å². The first-order chi connectivity index (χ1) is 10.7. The van der Waals surface area contributed by atoms with Crippen molar-refractivity contribution in [2.75, 3.05) is 23.3 Å². The summed E-state index contributed by atoms with van der Waals surface area (Å²) in [7, 11) is 0. The number of carbonyl (C=O) groups excluding carboxylic acids is 1. The van der Waals surface area contributed by atoms with Gasteiger partial charge in [-0.2, -0.15) is 0 Å². The Morgan fingerprint density at radius 3 is 2.17 bits per heavy atom. The topological polar surface area (TPSA) is 32.3 Å². The Morgan fingerprint density at radius 1 is 1.17 bits per heavy atom. The van der Waals surface area contributed by atoms with Crippen LogP contribution in [0.3, 0.4) is 0 Å². The van der Waals surface area contributed by atoms with E-state index < -0.39 is 0 Å². The first kappa shape index (κ1) is 17.8. The quantitative estimate of drug-likeness (QED) is 0.859.